The second kappa shape index (κ2) is 10.1. The van der Waals surface area contributed by atoms with Crippen molar-refractivity contribution in [3.8, 4) is 0 Å². The Morgan fingerprint density at radius 2 is 1.67 bits per heavy atom. The molecule has 10 heteroatoms. The van der Waals surface area contributed by atoms with Crippen molar-refractivity contribution in [2.24, 2.45) is 5.73 Å². The number of nitrogens with two attached hydrogens (primary N) is 1. The summed E-state index contributed by atoms with van der Waals surface area (Å²) < 4.78 is 8.45. The van der Waals surface area contributed by atoms with E-state index in [0.717, 1.165) is 21.3 Å². The van der Waals surface area contributed by atoms with Gasteiger partial charge in [-0.2, -0.15) is 0 Å². The van der Waals surface area contributed by atoms with Crippen molar-refractivity contribution >= 4 is 85.1 Å². The number of hydrogen-bond acceptors (Lipinski definition) is 7. The Morgan fingerprint density at radius 3 is 2.33 bits per heavy atom. The number of methoxy groups -OCH3 is 1. The molecule has 3 aromatic carbocycles. The lowest BCUT2D eigenvalue weighted by atomic mass is 9.83. The Morgan fingerprint density at radius 1 is 1.00 bits per heavy atom. The second-order valence-electron chi connectivity index (χ2n) is 8.78. The summed E-state index contributed by atoms with van der Waals surface area (Å²) in [5.74, 6) is -0.987. The fraction of sp³-hybridized carbons (Fsp3) is 0.0690. The largest absolute Gasteiger partial charge is 0.466 e. The van der Waals surface area contributed by atoms with E-state index in [1.165, 1.54) is 34.4 Å². The third kappa shape index (κ3) is 4.49. The number of para-hydroxylation sites is 1. The lowest BCUT2D eigenvalue weighted by Gasteiger charge is -2.27. The number of esters is 1. The van der Waals surface area contributed by atoms with Crippen LogP contribution in [-0.2, 0) is 9.53 Å². The molecule has 2 aromatic heterocycles. The number of ether oxygens (including phenoxy) is 1. The van der Waals surface area contributed by atoms with E-state index in [0.29, 0.717) is 35.4 Å². The van der Waals surface area contributed by atoms with Crippen LogP contribution < -0.4 is 20.5 Å². The van der Waals surface area contributed by atoms with Crippen LogP contribution >= 0.6 is 45.9 Å². The molecule has 0 saturated carbocycles. The first-order valence-electron chi connectivity index (χ1n) is 11.8. The Bertz CT molecular complexity index is 1940. The molecule has 1 aliphatic rings. The van der Waals surface area contributed by atoms with Crippen LogP contribution in [0.15, 0.2) is 77.6 Å². The molecule has 1 aliphatic heterocycles. The molecule has 3 heterocycles. The highest BCUT2D eigenvalue weighted by Gasteiger charge is 2.38. The van der Waals surface area contributed by atoms with Crippen LogP contribution in [0.5, 0.6) is 0 Å². The van der Waals surface area contributed by atoms with E-state index < -0.39 is 11.9 Å². The van der Waals surface area contributed by atoms with Crippen LogP contribution in [-0.4, -0.2) is 22.6 Å². The second-order valence-corrected chi connectivity index (χ2v) is 11.7. The van der Waals surface area contributed by atoms with Gasteiger partial charge < -0.3 is 10.5 Å². The topological polar surface area (TPSA) is 87.2 Å². The summed E-state index contributed by atoms with van der Waals surface area (Å²) in [5.41, 5.74) is 9.72. The number of aromatic nitrogens is 2. The van der Waals surface area contributed by atoms with Crippen LogP contribution in [0.4, 0.5) is 0 Å². The van der Waals surface area contributed by atoms with E-state index in [4.69, 9.17) is 38.7 Å². The minimum absolute atomic E-state index is 0.216. The molecule has 1 unspecified atom stereocenters. The highest BCUT2D eigenvalue weighted by Crippen LogP contribution is 2.44. The lowest BCUT2D eigenvalue weighted by molar-refractivity contribution is -0.134. The quantitative estimate of drug-likeness (QED) is 0.295. The van der Waals surface area contributed by atoms with E-state index in [1.807, 2.05) is 48.5 Å². The molecule has 0 spiro atoms. The Balaban J connectivity index is 1.71. The molecular formula is C29H19Cl2N3O3S2. The number of halogens is 2. The van der Waals surface area contributed by atoms with Crippen molar-refractivity contribution in [3.63, 3.8) is 0 Å². The predicted molar refractivity (Wildman–Crippen MR) is 159 cm³/mol. The van der Waals surface area contributed by atoms with Crippen LogP contribution in [0.25, 0.3) is 33.3 Å². The Labute approximate surface area is 240 Å². The number of rotatable bonds is 4. The first-order valence-corrected chi connectivity index (χ1v) is 14.2. The van der Waals surface area contributed by atoms with Gasteiger partial charge in [-0.1, -0.05) is 59.6 Å². The van der Waals surface area contributed by atoms with E-state index in [2.05, 4.69) is 0 Å². The molecule has 0 aliphatic carbocycles. The van der Waals surface area contributed by atoms with Crippen molar-refractivity contribution in [3.05, 3.63) is 119 Å². The summed E-state index contributed by atoms with van der Waals surface area (Å²) in [7, 11) is 1.32. The number of hydrogen-bond donors (Lipinski definition) is 1. The highest BCUT2D eigenvalue weighted by atomic mass is 35.5. The van der Waals surface area contributed by atoms with Gasteiger partial charge in [0.1, 0.15) is 15.5 Å². The third-order valence-electron chi connectivity index (χ3n) is 6.45. The Hall–Kier alpha value is -3.69. The van der Waals surface area contributed by atoms with E-state index in [9.17, 15) is 9.59 Å². The van der Waals surface area contributed by atoms with Gasteiger partial charge in [0.05, 0.1) is 33.3 Å². The molecule has 0 fully saturated rings. The molecule has 194 valence electrons. The van der Waals surface area contributed by atoms with E-state index >= 15 is 0 Å². The zero-order chi connectivity index (χ0) is 27.3. The maximum Gasteiger partial charge on any atom is 0.337 e. The van der Waals surface area contributed by atoms with Gasteiger partial charge in [-0.25, -0.2) is 9.78 Å². The summed E-state index contributed by atoms with van der Waals surface area (Å²) >= 11 is 14.9. The summed E-state index contributed by atoms with van der Waals surface area (Å²) in [4.78, 5) is 32.1. The average molecular weight is 593 g/mol. The normalized spacial score (nSPS) is 15.6. The molecule has 0 amide bonds. The molecule has 5 aromatic rings. The monoisotopic (exact) mass is 591 g/mol. The van der Waals surface area contributed by atoms with Gasteiger partial charge >= 0.3 is 5.97 Å². The highest BCUT2D eigenvalue weighted by molar-refractivity contribution is 7.19. The summed E-state index contributed by atoms with van der Waals surface area (Å²) in [6, 6.07) is 22.1. The third-order valence-corrected chi connectivity index (χ3v) is 9.13. The maximum absolute atomic E-state index is 13.8. The summed E-state index contributed by atoms with van der Waals surface area (Å²) in [6.45, 7) is 0. The van der Waals surface area contributed by atoms with Gasteiger partial charge in [-0.15, -0.1) is 22.7 Å². The van der Waals surface area contributed by atoms with Crippen LogP contribution in [0.2, 0.25) is 10.0 Å². The molecule has 2 N–H and O–H groups in total. The van der Waals surface area contributed by atoms with Crippen LogP contribution in [0.1, 0.15) is 22.1 Å². The summed E-state index contributed by atoms with van der Waals surface area (Å²) in [5, 5.41) is 1.76. The first-order chi connectivity index (χ1) is 18.9. The molecule has 1 atom stereocenters. The molecular weight excluding hydrogens is 573 g/mol. The zero-order valence-corrected chi connectivity index (χ0v) is 23.5. The first kappa shape index (κ1) is 25.6. The fourth-order valence-electron chi connectivity index (χ4n) is 4.65. The van der Waals surface area contributed by atoms with Crippen molar-refractivity contribution in [2.45, 2.75) is 5.92 Å². The van der Waals surface area contributed by atoms with Gasteiger partial charge in [-0.3, -0.25) is 9.36 Å². The standard InChI is InChI=1S/C29H19Cl2N3O3S2/c1-37-29(36)24-22(16-8-12-18(31)13-9-16)23(26-33-19-4-2-3-5-20(19)38-26)25(32)34-27(35)21(39-28(24)34)14-15-6-10-17(30)11-7-15/h2-14,22H,32H2,1H3. The molecule has 39 heavy (non-hydrogen) atoms. The summed E-state index contributed by atoms with van der Waals surface area (Å²) in [6.07, 6.45) is 1.76. The SMILES string of the molecule is COC(=O)C1=c2sc(=Cc3ccc(Cl)cc3)c(=O)n2C(N)=C(c2nc3ccccc3s2)C1c1ccc(Cl)cc1. The zero-order valence-electron chi connectivity index (χ0n) is 20.4. The van der Waals surface area contributed by atoms with Crippen molar-refractivity contribution in [1.29, 1.82) is 0 Å². The van der Waals surface area contributed by atoms with Gasteiger partial charge in [-0.05, 0) is 53.6 Å². The van der Waals surface area contributed by atoms with Gasteiger partial charge in [0.2, 0.25) is 0 Å². The van der Waals surface area contributed by atoms with E-state index in [-0.39, 0.29) is 11.4 Å². The maximum atomic E-state index is 13.8. The number of nitrogens with zero attached hydrogens (tertiary/aromatic N) is 2. The number of fused-ring (bicyclic) bond motifs is 2. The van der Waals surface area contributed by atoms with Gasteiger partial charge in [0.15, 0.2) is 0 Å². The minimum Gasteiger partial charge on any atom is -0.466 e. The van der Waals surface area contributed by atoms with Crippen LogP contribution in [0, 0.1) is 0 Å². The molecule has 0 radical (unpaired) electrons. The smallest absolute Gasteiger partial charge is 0.337 e. The van der Waals surface area contributed by atoms with Crippen molar-refractivity contribution in [2.75, 3.05) is 7.11 Å². The minimum atomic E-state index is -0.642. The molecule has 0 bridgehead atoms. The van der Waals surface area contributed by atoms with Crippen molar-refractivity contribution < 1.29 is 9.53 Å². The predicted octanol–water partition coefficient (Wildman–Crippen LogP) is 5.06. The fourth-order valence-corrected chi connectivity index (χ4v) is 7.12. The van der Waals surface area contributed by atoms with Crippen molar-refractivity contribution in [1.82, 2.24) is 9.55 Å². The molecule has 6 rings (SSSR count). The number of allylic oxidation sites excluding steroid dienone is 1. The number of carbonyl (C=O) groups excluding carboxylic acids is 1. The average Bonchev–Trinajstić information content (AvgIpc) is 3.51. The molecule has 0 saturated heterocycles. The lowest BCUT2D eigenvalue weighted by Crippen LogP contribution is -2.39. The van der Waals surface area contributed by atoms with Gasteiger partial charge in [0.25, 0.3) is 5.56 Å². The number of thiazole rings is 2. The number of benzene rings is 3. The molecule has 6 nitrogen and oxygen atoms in total. The Kier molecular flexibility index (Phi) is 6.64. The van der Waals surface area contributed by atoms with Gasteiger partial charge in [0, 0.05) is 15.6 Å². The van der Waals surface area contributed by atoms with Crippen LogP contribution in [0.3, 0.4) is 0 Å². The van der Waals surface area contributed by atoms with E-state index in [1.54, 1.807) is 30.3 Å². The number of carbonyl (C=O) groups is 1.